The summed E-state index contributed by atoms with van der Waals surface area (Å²) < 4.78 is 5.33. The first-order chi connectivity index (χ1) is 12.7. The van der Waals surface area contributed by atoms with Crippen molar-refractivity contribution in [3.05, 3.63) is 59.2 Å². The Hall–Kier alpha value is -2.49. The highest BCUT2D eigenvalue weighted by Gasteiger charge is 2.23. The number of hydrogen-bond acceptors (Lipinski definition) is 3. The molecule has 4 heteroatoms. The lowest BCUT2D eigenvalue weighted by Crippen LogP contribution is -2.31. The molecule has 4 rings (SSSR count). The Morgan fingerprint density at radius 1 is 1.08 bits per heavy atom. The van der Waals surface area contributed by atoms with Gasteiger partial charge in [0, 0.05) is 24.3 Å². The molecular formula is C22H26N2O2. The Kier molecular flexibility index (Phi) is 4.83. The lowest BCUT2D eigenvalue weighted by Gasteiger charge is -2.27. The molecule has 26 heavy (non-hydrogen) atoms. The smallest absolute Gasteiger partial charge is 0.251 e. The molecule has 2 aliphatic rings. The van der Waals surface area contributed by atoms with Gasteiger partial charge in [0.15, 0.2) is 0 Å². The summed E-state index contributed by atoms with van der Waals surface area (Å²) in [5.74, 6) is 0.889. The highest BCUT2D eigenvalue weighted by molar-refractivity contribution is 5.94. The quantitative estimate of drug-likeness (QED) is 0.902. The predicted octanol–water partition coefficient (Wildman–Crippen LogP) is 4.10. The molecule has 0 spiro atoms. The minimum absolute atomic E-state index is 0.00615. The van der Waals surface area contributed by atoms with Crippen molar-refractivity contribution in [1.82, 2.24) is 5.32 Å². The van der Waals surface area contributed by atoms with Gasteiger partial charge in [-0.3, -0.25) is 4.79 Å². The van der Waals surface area contributed by atoms with Crippen LogP contribution in [0.1, 0.15) is 53.2 Å². The lowest BCUT2D eigenvalue weighted by atomic mass is 9.87. The zero-order valence-corrected chi connectivity index (χ0v) is 15.3. The summed E-state index contributed by atoms with van der Waals surface area (Å²) in [4.78, 5) is 15.1. The van der Waals surface area contributed by atoms with Crippen molar-refractivity contribution in [3.63, 3.8) is 0 Å². The van der Waals surface area contributed by atoms with Crippen LogP contribution in [0, 0.1) is 0 Å². The van der Waals surface area contributed by atoms with Crippen LogP contribution in [0.25, 0.3) is 0 Å². The molecule has 0 aromatic heterocycles. The van der Waals surface area contributed by atoms with Gasteiger partial charge < -0.3 is 15.0 Å². The van der Waals surface area contributed by atoms with E-state index in [1.807, 2.05) is 18.2 Å². The molecule has 1 amide bonds. The number of hydrogen-bond donors (Lipinski definition) is 1. The Morgan fingerprint density at radius 2 is 1.85 bits per heavy atom. The van der Waals surface area contributed by atoms with Gasteiger partial charge in [0.25, 0.3) is 5.91 Å². The molecule has 1 unspecified atom stereocenters. The molecule has 1 N–H and O–H groups in total. The number of carbonyl (C=O) groups excluding carboxylic acids is 1. The number of rotatable bonds is 4. The number of methoxy groups -OCH3 is 1. The number of anilines is 1. The van der Waals surface area contributed by atoms with Crippen LogP contribution in [0.2, 0.25) is 0 Å². The number of benzene rings is 2. The van der Waals surface area contributed by atoms with Crippen molar-refractivity contribution < 1.29 is 9.53 Å². The van der Waals surface area contributed by atoms with E-state index in [4.69, 9.17) is 4.74 Å². The SMILES string of the molecule is COc1ccc2c(c1)CCCC2NC(=O)c1ccc(N2CCCC2)cc1. The molecule has 1 saturated heterocycles. The van der Waals surface area contributed by atoms with E-state index < -0.39 is 0 Å². The van der Waals surface area contributed by atoms with Crippen molar-refractivity contribution in [2.24, 2.45) is 0 Å². The van der Waals surface area contributed by atoms with Gasteiger partial charge in [-0.15, -0.1) is 0 Å². The van der Waals surface area contributed by atoms with Gasteiger partial charge in [0.1, 0.15) is 5.75 Å². The van der Waals surface area contributed by atoms with Gasteiger partial charge in [0.05, 0.1) is 13.2 Å². The van der Waals surface area contributed by atoms with Gasteiger partial charge in [-0.1, -0.05) is 6.07 Å². The fourth-order valence-electron chi connectivity index (χ4n) is 4.11. The third-order valence-electron chi connectivity index (χ3n) is 5.57. The second-order valence-electron chi connectivity index (χ2n) is 7.22. The number of nitrogens with zero attached hydrogens (tertiary/aromatic N) is 1. The van der Waals surface area contributed by atoms with Crippen LogP contribution < -0.4 is 15.0 Å². The number of ether oxygens (including phenoxy) is 1. The van der Waals surface area contributed by atoms with E-state index >= 15 is 0 Å². The normalized spacial score (nSPS) is 19.1. The number of amides is 1. The van der Waals surface area contributed by atoms with Crippen molar-refractivity contribution in [1.29, 1.82) is 0 Å². The second-order valence-corrected chi connectivity index (χ2v) is 7.22. The van der Waals surface area contributed by atoms with E-state index in [1.54, 1.807) is 7.11 Å². The summed E-state index contributed by atoms with van der Waals surface area (Å²) in [6.45, 7) is 2.24. The van der Waals surface area contributed by atoms with Crippen molar-refractivity contribution in [3.8, 4) is 5.75 Å². The summed E-state index contributed by atoms with van der Waals surface area (Å²) in [6.07, 6.45) is 5.63. The fraction of sp³-hybridized carbons (Fsp3) is 0.409. The van der Waals surface area contributed by atoms with Crippen molar-refractivity contribution in [2.75, 3.05) is 25.1 Å². The zero-order chi connectivity index (χ0) is 17.9. The fourth-order valence-corrected chi connectivity index (χ4v) is 4.11. The molecule has 2 aromatic carbocycles. The summed E-state index contributed by atoms with van der Waals surface area (Å²) in [5, 5.41) is 3.22. The minimum Gasteiger partial charge on any atom is -0.497 e. The number of nitrogens with one attached hydrogen (secondary N) is 1. The van der Waals surface area contributed by atoms with Crippen LogP contribution in [-0.2, 0) is 6.42 Å². The molecule has 2 aromatic rings. The third kappa shape index (κ3) is 3.41. The average Bonchev–Trinajstić information content (AvgIpc) is 3.22. The Bertz CT molecular complexity index is 779. The van der Waals surface area contributed by atoms with Crippen LogP contribution in [0.15, 0.2) is 42.5 Å². The largest absolute Gasteiger partial charge is 0.497 e. The van der Waals surface area contributed by atoms with E-state index in [0.29, 0.717) is 0 Å². The molecule has 1 heterocycles. The van der Waals surface area contributed by atoms with E-state index in [-0.39, 0.29) is 11.9 Å². The van der Waals surface area contributed by atoms with Crippen LogP contribution in [0.4, 0.5) is 5.69 Å². The van der Waals surface area contributed by atoms with E-state index in [2.05, 4.69) is 34.5 Å². The Balaban J connectivity index is 1.47. The predicted molar refractivity (Wildman–Crippen MR) is 104 cm³/mol. The molecule has 0 saturated carbocycles. The number of aryl methyl sites for hydroxylation is 1. The molecule has 1 fully saturated rings. The third-order valence-corrected chi connectivity index (χ3v) is 5.57. The lowest BCUT2D eigenvalue weighted by molar-refractivity contribution is 0.0933. The minimum atomic E-state index is 0.00615. The topological polar surface area (TPSA) is 41.6 Å². The molecule has 1 aliphatic carbocycles. The molecule has 1 aliphatic heterocycles. The van der Waals surface area contributed by atoms with Crippen LogP contribution >= 0.6 is 0 Å². The molecule has 136 valence electrons. The standard InChI is InChI=1S/C22H26N2O2/c1-26-19-11-12-20-17(15-19)5-4-6-21(20)23-22(25)16-7-9-18(10-8-16)24-13-2-3-14-24/h7-12,15,21H,2-6,13-14H2,1H3,(H,23,25). The van der Waals surface area contributed by atoms with Crippen molar-refractivity contribution in [2.45, 2.75) is 38.1 Å². The van der Waals surface area contributed by atoms with E-state index in [0.717, 1.165) is 43.7 Å². The highest BCUT2D eigenvalue weighted by atomic mass is 16.5. The Morgan fingerprint density at radius 3 is 2.58 bits per heavy atom. The first kappa shape index (κ1) is 17.0. The summed E-state index contributed by atoms with van der Waals surface area (Å²) in [7, 11) is 1.69. The molecule has 4 nitrogen and oxygen atoms in total. The van der Waals surface area contributed by atoms with Gasteiger partial charge in [-0.2, -0.15) is 0 Å². The molecule has 0 radical (unpaired) electrons. The molecule has 1 atom stereocenters. The average molecular weight is 350 g/mol. The number of fused-ring (bicyclic) bond motifs is 1. The first-order valence-corrected chi connectivity index (χ1v) is 9.57. The maximum absolute atomic E-state index is 12.7. The second kappa shape index (κ2) is 7.40. The van der Waals surface area contributed by atoms with E-state index in [1.165, 1.54) is 29.7 Å². The Labute approximate surface area is 155 Å². The van der Waals surface area contributed by atoms with Crippen molar-refractivity contribution >= 4 is 11.6 Å². The van der Waals surface area contributed by atoms with Gasteiger partial charge in [-0.25, -0.2) is 0 Å². The first-order valence-electron chi connectivity index (χ1n) is 9.57. The molecular weight excluding hydrogens is 324 g/mol. The zero-order valence-electron chi connectivity index (χ0n) is 15.3. The van der Waals surface area contributed by atoms with Crippen LogP contribution in [0.3, 0.4) is 0 Å². The van der Waals surface area contributed by atoms with Crippen LogP contribution in [-0.4, -0.2) is 26.1 Å². The summed E-state index contributed by atoms with van der Waals surface area (Å²) in [6, 6.07) is 14.3. The monoisotopic (exact) mass is 350 g/mol. The highest BCUT2D eigenvalue weighted by Crippen LogP contribution is 2.32. The maximum Gasteiger partial charge on any atom is 0.251 e. The summed E-state index contributed by atoms with van der Waals surface area (Å²) >= 11 is 0. The van der Waals surface area contributed by atoms with Crippen LogP contribution in [0.5, 0.6) is 5.75 Å². The van der Waals surface area contributed by atoms with Gasteiger partial charge >= 0.3 is 0 Å². The maximum atomic E-state index is 12.7. The van der Waals surface area contributed by atoms with E-state index in [9.17, 15) is 4.79 Å². The summed E-state index contributed by atoms with van der Waals surface area (Å²) in [5.41, 5.74) is 4.45. The number of carbonyl (C=O) groups is 1. The van der Waals surface area contributed by atoms with Gasteiger partial charge in [0.2, 0.25) is 0 Å². The molecule has 0 bridgehead atoms. The van der Waals surface area contributed by atoms with Gasteiger partial charge in [-0.05, 0) is 79.6 Å².